The highest BCUT2D eigenvalue weighted by molar-refractivity contribution is 5.74. The first-order valence-corrected chi connectivity index (χ1v) is 7.46. The van der Waals surface area contributed by atoms with Gasteiger partial charge in [0.1, 0.15) is 0 Å². The Morgan fingerprint density at radius 3 is 2.60 bits per heavy atom. The number of aliphatic carboxylic acids is 1. The van der Waals surface area contributed by atoms with Gasteiger partial charge in [-0.25, -0.2) is 4.79 Å². The number of carbonyl (C=O) groups is 2. The van der Waals surface area contributed by atoms with Crippen molar-refractivity contribution in [3.63, 3.8) is 0 Å². The van der Waals surface area contributed by atoms with E-state index >= 15 is 0 Å². The van der Waals surface area contributed by atoms with E-state index in [-0.39, 0.29) is 24.5 Å². The second-order valence-corrected chi connectivity index (χ2v) is 5.33. The zero-order valence-corrected chi connectivity index (χ0v) is 12.2. The van der Waals surface area contributed by atoms with Crippen LogP contribution in [0.15, 0.2) is 0 Å². The molecule has 116 valence electrons. The number of aliphatic hydroxyl groups excluding tert-OH is 1. The van der Waals surface area contributed by atoms with Crippen molar-refractivity contribution in [3.05, 3.63) is 0 Å². The summed E-state index contributed by atoms with van der Waals surface area (Å²) in [4.78, 5) is 24.8. The van der Waals surface area contributed by atoms with E-state index in [0.717, 1.165) is 19.3 Å². The molecule has 0 aromatic heterocycles. The molecule has 6 heteroatoms. The lowest BCUT2D eigenvalue weighted by Gasteiger charge is -2.29. The maximum atomic E-state index is 12.0. The number of rotatable bonds is 7. The number of carboxylic acids is 1. The van der Waals surface area contributed by atoms with Gasteiger partial charge in [0.2, 0.25) is 0 Å². The molecule has 0 aliphatic heterocycles. The normalized spacial score (nSPS) is 22.3. The van der Waals surface area contributed by atoms with Crippen LogP contribution >= 0.6 is 0 Å². The van der Waals surface area contributed by atoms with Gasteiger partial charge in [-0.3, -0.25) is 4.79 Å². The molecule has 3 N–H and O–H groups in total. The number of hydrogen-bond donors (Lipinski definition) is 3. The molecule has 20 heavy (non-hydrogen) atoms. The highest BCUT2D eigenvalue weighted by Crippen LogP contribution is 2.29. The molecule has 1 fully saturated rings. The van der Waals surface area contributed by atoms with Gasteiger partial charge in [0.15, 0.2) is 0 Å². The Morgan fingerprint density at radius 2 is 2.00 bits per heavy atom. The fourth-order valence-electron chi connectivity index (χ4n) is 2.77. The molecule has 0 heterocycles. The first-order valence-electron chi connectivity index (χ1n) is 7.46. The zero-order chi connectivity index (χ0) is 15.0. The van der Waals surface area contributed by atoms with E-state index in [1.807, 2.05) is 6.92 Å². The van der Waals surface area contributed by atoms with E-state index in [9.17, 15) is 14.7 Å². The topological polar surface area (TPSA) is 89.9 Å². The molecular weight excluding hydrogens is 260 g/mol. The predicted molar refractivity (Wildman–Crippen MR) is 75.4 cm³/mol. The van der Waals surface area contributed by atoms with Crippen LogP contribution in [0, 0.1) is 11.8 Å². The molecule has 2 atom stereocenters. The minimum absolute atomic E-state index is 0.0294. The standard InChI is InChI=1S/C14H26N2O4/c1-2-16(8-5-9-17)14(20)15-10-11-6-3-4-7-12(11)13(18)19/h11-12,17H,2-10H2,1H3,(H,15,20)(H,18,19). The van der Waals surface area contributed by atoms with Gasteiger partial charge < -0.3 is 20.4 Å². The summed E-state index contributed by atoms with van der Waals surface area (Å²) >= 11 is 0. The minimum Gasteiger partial charge on any atom is -0.481 e. The molecule has 0 radical (unpaired) electrons. The number of carbonyl (C=O) groups excluding carboxylic acids is 1. The summed E-state index contributed by atoms with van der Waals surface area (Å²) in [6, 6.07) is -0.171. The number of aliphatic hydroxyl groups is 1. The molecule has 6 nitrogen and oxygen atoms in total. The van der Waals surface area contributed by atoms with Crippen LogP contribution in [0.3, 0.4) is 0 Å². The van der Waals surface area contributed by atoms with Crippen molar-refractivity contribution in [1.82, 2.24) is 10.2 Å². The van der Waals surface area contributed by atoms with Crippen LogP contribution in [0.2, 0.25) is 0 Å². The summed E-state index contributed by atoms with van der Waals surface area (Å²) in [5, 5.41) is 20.8. The highest BCUT2D eigenvalue weighted by Gasteiger charge is 2.31. The average molecular weight is 286 g/mol. The van der Waals surface area contributed by atoms with Crippen molar-refractivity contribution in [2.24, 2.45) is 11.8 Å². The van der Waals surface area contributed by atoms with Gasteiger partial charge in [-0.05, 0) is 32.1 Å². The average Bonchev–Trinajstić information content (AvgIpc) is 2.46. The quantitative estimate of drug-likeness (QED) is 0.658. The summed E-state index contributed by atoms with van der Waals surface area (Å²) in [6.45, 7) is 3.47. The molecule has 0 spiro atoms. The van der Waals surface area contributed by atoms with E-state index in [4.69, 9.17) is 5.11 Å². The van der Waals surface area contributed by atoms with E-state index in [2.05, 4.69) is 5.32 Å². The summed E-state index contributed by atoms with van der Waals surface area (Å²) in [6.07, 6.45) is 4.12. The highest BCUT2D eigenvalue weighted by atomic mass is 16.4. The van der Waals surface area contributed by atoms with Gasteiger partial charge in [0.25, 0.3) is 0 Å². The third kappa shape index (κ3) is 5.00. The van der Waals surface area contributed by atoms with Crippen LogP contribution in [0.4, 0.5) is 4.79 Å². The Kier molecular flexibility index (Phi) is 7.36. The van der Waals surface area contributed by atoms with E-state index in [1.54, 1.807) is 4.90 Å². The fraction of sp³-hybridized carbons (Fsp3) is 0.857. The van der Waals surface area contributed by atoms with Crippen molar-refractivity contribution < 1.29 is 19.8 Å². The Labute approximate surface area is 120 Å². The largest absolute Gasteiger partial charge is 0.481 e. The van der Waals surface area contributed by atoms with Gasteiger partial charge in [0, 0.05) is 26.2 Å². The summed E-state index contributed by atoms with van der Waals surface area (Å²) in [5.74, 6) is -1.06. The lowest BCUT2D eigenvalue weighted by Crippen LogP contribution is -2.44. The van der Waals surface area contributed by atoms with Gasteiger partial charge in [-0.2, -0.15) is 0 Å². The first kappa shape index (κ1) is 16.8. The molecule has 1 rings (SSSR count). The maximum absolute atomic E-state index is 12.0. The van der Waals surface area contributed by atoms with Crippen LogP contribution in [0.25, 0.3) is 0 Å². The monoisotopic (exact) mass is 286 g/mol. The van der Waals surface area contributed by atoms with Crippen molar-refractivity contribution in [3.8, 4) is 0 Å². The number of nitrogens with zero attached hydrogens (tertiary/aromatic N) is 1. The Balaban J connectivity index is 2.43. The summed E-state index contributed by atoms with van der Waals surface area (Å²) in [7, 11) is 0. The van der Waals surface area contributed by atoms with Gasteiger partial charge in [0.05, 0.1) is 5.92 Å². The third-order valence-corrected chi connectivity index (χ3v) is 4.00. The van der Waals surface area contributed by atoms with Gasteiger partial charge >= 0.3 is 12.0 Å². The third-order valence-electron chi connectivity index (χ3n) is 4.00. The number of urea groups is 1. The lowest BCUT2D eigenvalue weighted by molar-refractivity contribution is -0.144. The number of hydrogen-bond acceptors (Lipinski definition) is 3. The van der Waals surface area contributed by atoms with Crippen molar-refractivity contribution >= 4 is 12.0 Å². The maximum Gasteiger partial charge on any atom is 0.317 e. The number of nitrogens with one attached hydrogen (secondary N) is 1. The van der Waals surface area contributed by atoms with Crippen LogP contribution in [-0.2, 0) is 4.79 Å². The van der Waals surface area contributed by atoms with Crippen molar-refractivity contribution in [2.45, 2.75) is 39.0 Å². The SMILES string of the molecule is CCN(CCCO)C(=O)NCC1CCCCC1C(=O)O. The van der Waals surface area contributed by atoms with E-state index in [1.165, 1.54) is 0 Å². The molecule has 1 aliphatic carbocycles. The van der Waals surface area contributed by atoms with Crippen LogP contribution < -0.4 is 5.32 Å². The summed E-state index contributed by atoms with van der Waals surface area (Å²) in [5.41, 5.74) is 0. The fourth-order valence-corrected chi connectivity index (χ4v) is 2.77. The Morgan fingerprint density at radius 1 is 1.30 bits per heavy atom. The van der Waals surface area contributed by atoms with Crippen LogP contribution in [0.5, 0.6) is 0 Å². The second-order valence-electron chi connectivity index (χ2n) is 5.33. The van der Waals surface area contributed by atoms with E-state index in [0.29, 0.717) is 32.5 Å². The first-order chi connectivity index (χ1) is 9.60. The molecule has 1 saturated carbocycles. The van der Waals surface area contributed by atoms with Crippen molar-refractivity contribution in [2.75, 3.05) is 26.2 Å². The van der Waals surface area contributed by atoms with Gasteiger partial charge in [-0.15, -0.1) is 0 Å². The molecule has 2 unspecified atom stereocenters. The molecule has 0 aromatic carbocycles. The molecule has 0 bridgehead atoms. The lowest BCUT2D eigenvalue weighted by atomic mass is 9.79. The van der Waals surface area contributed by atoms with Gasteiger partial charge in [-0.1, -0.05) is 12.8 Å². The molecule has 1 aliphatic rings. The number of carboxylic acid groups (broad SMARTS) is 1. The molecule has 2 amide bonds. The number of amides is 2. The van der Waals surface area contributed by atoms with E-state index < -0.39 is 5.97 Å². The second kappa shape index (κ2) is 8.79. The smallest absolute Gasteiger partial charge is 0.317 e. The Bertz CT molecular complexity index is 322. The molecular formula is C14H26N2O4. The minimum atomic E-state index is -0.753. The predicted octanol–water partition coefficient (Wildman–Crippen LogP) is 1.29. The molecule has 0 saturated heterocycles. The summed E-state index contributed by atoms with van der Waals surface area (Å²) < 4.78 is 0. The Hall–Kier alpha value is -1.30. The molecule has 0 aromatic rings. The van der Waals surface area contributed by atoms with Crippen LogP contribution in [-0.4, -0.2) is 53.4 Å². The van der Waals surface area contributed by atoms with Crippen LogP contribution in [0.1, 0.15) is 39.0 Å². The zero-order valence-electron chi connectivity index (χ0n) is 12.2. The van der Waals surface area contributed by atoms with Crippen molar-refractivity contribution in [1.29, 1.82) is 0 Å².